The predicted molar refractivity (Wildman–Crippen MR) is 96.4 cm³/mol. The van der Waals surface area contributed by atoms with Gasteiger partial charge in [0.2, 0.25) is 0 Å². The van der Waals surface area contributed by atoms with E-state index in [1.807, 2.05) is 54.6 Å². The van der Waals surface area contributed by atoms with Crippen LogP contribution in [-0.4, -0.2) is 19.7 Å². The quantitative estimate of drug-likeness (QED) is 0.803. The maximum absolute atomic E-state index is 11.7. The summed E-state index contributed by atoms with van der Waals surface area (Å²) >= 11 is 3.40. The monoisotopic (exact) mass is 374 g/mol. The van der Waals surface area contributed by atoms with E-state index in [-0.39, 0.29) is 6.03 Å². The van der Waals surface area contributed by atoms with Crippen LogP contribution in [0.25, 0.3) is 6.08 Å². The van der Waals surface area contributed by atoms with Crippen LogP contribution in [-0.2, 0) is 6.42 Å². The van der Waals surface area contributed by atoms with Gasteiger partial charge in [0.25, 0.3) is 0 Å². The Morgan fingerprint density at radius 1 is 1.13 bits per heavy atom. The van der Waals surface area contributed by atoms with Crippen LogP contribution in [0.2, 0.25) is 0 Å². The third kappa shape index (κ3) is 6.16. The molecule has 4 nitrogen and oxygen atoms in total. The van der Waals surface area contributed by atoms with Gasteiger partial charge in [-0.3, -0.25) is 0 Å². The van der Waals surface area contributed by atoms with Crippen LogP contribution in [0.15, 0.2) is 59.2 Å². The summed E-state index contributed by atoms with van der Waals surface area (Å²) in [5.41, 5.74) is 2.17. The number of rotatable bonds is 6. The Hall–Kier alpha value is -2.27. The van der Waals surface area contributed by atoms with Crippen molar-refractivity contribution >= 4 is 28.0 Å². The van der Waals surface area contributed by atoms with E-state index in [0.717, 1.165) is 22.2 Å². The number of ether oxygens (including phenoxy) is 1. The van der Waals surface area contributed by atoms with Crippen molar-refractivity contribution in [3.63, 3.8) is 0 Å². The van der Waals surface area contributed by atoms with Crippen LogP contribution in [0, 0.1) is 0 Å². The van der Waals surface area contributed by atoms with E-state index >= 15 is 0 Å². The fourth-order valence-electron chi connectivity index (χ4n) is 1.95. The molecule has 0 atom stereocenters. The highest BCUT2D eigenvalue weighted by atomic mass is 79.9. The lowest BCUT2D eigenvalue weighted by Crippen LogP contribution is -2.33. The lowest BCUT2D eigenvalue weighted by molar-refractivity contribution is 0.244. The van der Waals surface area contributed by atoms with Crippen LogP contribution in [0.5, 0.6) is 5.75 Å². The minimum atomic E-state index is -0.216. The summed E-state index contributed by atoms with van der Waals surface area (Å²) in [6, 6.07) is 15.4. The molecule has 0 heterocycles. The molecule has 0 radical (unpaired) electrons. The summed E-state index contributed by atoms with van der Waals surface area (Å²) in [5.74, 6) is 0.806. The van der Waals surface area contributed by atoms with Gasteiger partial charge in [0.1, 0.15) is 5.75 Å². The Bertz CT molecular complexity index is 652. The number of hydrogen-bond acceptors (Lipinski definition) is 2. The van der Waals surface area contributed by atoms with Gasteiger partial charge in [0.05, 0.1) is 7.11 Å². The van der Waals surface area contributed by atoms with E-state index in [1.165, 1.54) is 5.56 Å². The predicted octanol–water partition coefficient (Wildman–Crippen LogP) is 3.97. The number of methoxy groups -OCH3 is 1. The molecule has 0 aliphatic heterocycles. The van der Waals surface area contributed by atoms with Gasteiger partial charge in [-0.15, -0.1) is 0 Å². The smallest absolute Gasteiger partial charge is 0.318 e. The van der Waals surface area contributed by atoms with Gasteiger partial charge in [0.15, 0.2) is 0 Å². The molecular weight excluding hydrogens is 356 g/mol. The molecule has 0 aromatic heterocycles. The fraction of sp³-hybridized carbons (Fsp3) is 0.167. The number of amides is 2. The van der Waals surface area contributed by atoms with Crippen molar-refractivity contribution in [2.75, 3.05) is 13.7 Å². The molecule has 2 rings (SSSR count). The summed E-state index contributed by atoms with van der Waals surface area (Å²) in [6.45, 7) is 0.587. The van der Waals surface area contributed by atoms with Crippen molar-refractivity contribution in [3.05, 3.63) is 70.3 Å². The van der Waals surface area contributed by atoms with Gasteiger partial charge in [-0.25, -0.2) is 4.79 Å². The molecule has 5 heteroatoms. The molecule has 0 aliphatic rings. The molecule has 0 saturated carbocycles. The lowest BCUT2D eigenvalue weighted by atomic mass is 10.1. The summed E-state index contributed by atoms with van der Waals surface area (Å²) in [5, 5.41) is 5.50. The van der Waals surface area contributed by atoms with Crippen molar-refractivity contribution in [1.82, 2.24) is 10.6 Å². The Labute approximate surface area is 144 Å². The largest absolute Gasteiger partial charge is 0.497 e. The minimum Gasteiger partial charge on any atom is -0.497 e. The summed E-state index contributed by atoms with van der Waals surface area (Å²) in [7, 11) is 1.63. The maximum atomic E-state index is 11.7. The first kappa shape index (κ1) is 17.1. The van der Waals surface area contributed by atoms with Crippen molar-refractivity contribution in [2.45, 2.75) is 6.42 Å². The van der Waals surface area contributed by atoms with Gasteiger partial charge in [-0.2, -0.15) is 0 Å². The maximum Gasteiger partial charge on any atom is 0.318 e. The number of carbonyl (C=O) groups is 1. The molecule has 120 valence electrons. The number of nitrogens with one attached hydrogen (secondary N) is 2. The Kier molecular flexibility index (Phi) is 6.69. The topological polar surface area (TPSA) is 50.4 Å². The van der Waals surface area contributed by atoms with Crippen molar-refractivity contribution in [2.24, 2.45) is 0 Å². The highest BCUT2D eigenvalue weighted by Gasteiger charge is 1.98. The number of halogens is 1. The minimum absolute atomic E-state index is 0.216. The molecule has 0 fully saturated rings. The average molecular weight is 375 g/mol. The SMILES string of the molecule is COc1ccc(/C=C/NC(=O)NCCc2ccc(Br)cc2)cc1. The Balaban J connectivity index is 1.69. The zero-order valence-corrected chi connectivity index (χ0v) is 14.5. The molecule has 0 aliphatic carbocycles. The molecule has 0 unspecified atom stereocenters. The van der Waals surface area contributed by atoms with Crippen LogP contribution >= 0.6 is 15.9 Å². The van der Waals surface area contributed by atoms with Gasteiger partial charge in [-0.05, 0) is 47.9 Å². The summed E-state index contributed by atoms with van der Waals surface area (Å²) in [6.07, 6.45) is 4.24. The number of hydrogen-bond donors (Lipinski definition) is 2. The zero-order valence-electron chi connectivity index (χ0n) is 12.9. The first-order valence-corrected chi connectivity index (χ1v) is 8.06. The molecule has 2 amide bonds. The van der Waals surface area contributed by atoms with Gasteiger partial charge in [-0.1, -0.05) is 40.2 Å². The van der Waals surface area contributed by atoms with E-state index in [4.69, 9.17) is 4.74 Å². The zero-order chi connectivity index (χ0) is 16.5. The molecule has 23 heavy (non-hydrogen) atoms. The molecule has 0 bridgehead atoms. The lowest BCUT2D eigenvalue weighted by Gasteiger charge is -2.05. The van der Waals surface area contributed by atoms with Gasteiger partial charge in [0, 0.05) is 17.2 Å². The molecule has 0 spiro atoms. The second-order valence-corrected chi connectivity index (χ2v) is 5.80. The number of carbonyl (C=O) groups excluding carboxylic acids is 1. The molecule has 2 N–H and O–H groups in total. The van der Waals surface area contributed by atoms with Crippen molar-refractivity contribution in [3.8, 4) is 5.75 Å². The number of benzene rings is 2. The van der Waals surface area contributed by atoms with Crippen LogP contribution in [0.1, 0.15) is 11.1 Å². The van der Waals surface area contributed by atoms with Crippen LogP contribution in [0.3, 0.4) is 0 Å². The third-order valence-electron chi connectivity index (χ3n) is 3.22. The molecule has 0 saturated heterocycles. The standard InChI is InChI=1S/C18H19BrN2O2/c1-23-17-8-4-15(5-9-17)11-13-21-18(22)20-12-10-14-2-6-16(19)7-3-14/h2-9,11,13H,10,12H2,1H3,(H2,20,21,22)/b13-11+. The van der Waals surface area contributed by atoms with Crippen molar-refractivity contribution in [1.29, 1.82) is 0 Å². The third-order valence-corrected chi connectivity index (χ3v) is 3.75. The second-order valence-electron chi connectivity index (χ2n) is 4.88. The van der Waals surface area contributed by atoms with Gasteiger partial charge < -0.3 is 15.4 Å². The highest BCUT2D eigenvalue weighted by Crippen LogP contribution is 2.12. The molecular formula is C18H19BrN2O2. The second kappa shape index (κ2) is 9.00. The Morgan fingerprint density at radius 3 is 2.48 bits per heavy atom. The average Bonchev–Trinajstić information content (AvgIpc) is 2.57. The van der Waals surface area contributed by atoms with Crippen LogP contribution in [0.4, 0.5) is 4.79 Å². The molecule has 2 aromatic rings. The van der Waals surface area contributed by atoms with Gasteiger partial charge >= 0.3 is 6.03 Å². The van der Waals surface area contributed by atoms with E-state index in [0.29, 0.717) is 6.54 Å². The summed E-state index contributed by atoms with van der Waals surface area (Å²) in [4.78, 5) is 11.7. The Morgan fingerprint density at radius 2 is 1.83 bits per heavy atom. The van der Waals surface area contributed by atoms with Crippen molar-refractivity contribution < 1.29 is 9.53 Å². The van der Waals surface area contributed by atoms with Crippen LogP contribution < -0.4 is 15.4 Å². The first-order valence-electron chi connectivity index (χ1n) is 7.27. The summed E-state index contributed by atoms with van der Waals surface area (Å²) < 4.78 is 6.14. The van der Waals surface area contributed by atoms with E-state index in [9.17, 15) is 4.79 Å². The van der Waals surface area contributed by atoms with E-state index in [2.05, 4.69) is 26.6 Å². The number of urea groups is 1. The highest BCUT2D eigenvalue weighted by molar-refractivity contribution is 9.10. The fourth-order valence-corrected chi connectivity index (χ4v) is 2.22. The normalized spacial score (nSPS) is 10.5. The first-order chi connectivity index (χ1) is 11.2. The molecule has 2 aromatic carbocycles. The van der Waals surface area contributed by atoms with E-state index < -0.39 is 0 Å². The van der Waals surface area contributed by atoms with E-state index in [1.54, 1.807) is 13.3 Å².